The fourth-order valence-electron chi connectivity index (χ4n) is 1.52. The van der Waals surface area contributed by atoms with Crippen LogP contribution in [0.4, 0.5) is 0 Å². The van der Waals surface area contributed by atoms with E-state index in [0.29, 0.717) is 11.9 Å². The average Bonchev–Trinajstić information content (AvgIpc) is 2.92. The van der Waals surface area contributed by atoms with Crippen LogP contribution in [0.1, 0.15) is 39.5 Å². The first-order valence-corrected chi connectivity index (χ1v) is 5.07. The van der Waals surface area contributed by atoms with Gasteiger partial charge in [-0.05, 0) is 25.7 Å². The predicted molar refractivity (Wildman–Crippen MR) is 55.0 cm³/mol. The van der Waals surface area contributed by atoms with Crippen LogP contribution >= 0.6 is 0 Å². The number of methoxy groups -OCH3 is 1. The lowest BCUT2D eigenvalue weighted by Gasteiger charge is -2.29. The highest BCUT2D eigenvalue weighted by molar-refractivity contribution is 5.89. The SMILES string of the molecule is CCC(CC)(OC)C(N)=NC1CC1. The van der Waals surface area contributed by atoms with E-state index in [1.54, 1.807) is 7.11 Å². The van der Waals surface area contributed by atoms with Crippen LogP contribution < -0.4 is 5.73 Å². The Hall–Kier alpha value is -0.570. The number of aliphatic imine (C=N–C) groups is 1. The zero-order chi connectivity index (χ0) is 9.90. The normalized spacial score (nSPS) is 19.2. The number of nitrogens with two attached hydrogens (primary N) is 1. The smallest absolute Gasteiger partial charge is 0.127 e. The molecule has 3 heteroatoms. The van der Waals surface area contributed by atoms with Crippen LogP contribution in [0.3, 0.4) is 0 Å². The van der Waals surface area contributed by atoms with Crippen LogP contribution in [0, 0.1) is 0 Å². The van der Waals surface area contributed by atoms with Gasteiger partial charge in [0.25, 0.3) is 0 Å². The highest BCUT2D eigenvalue weighted by Gasteiger charge is 2.32. The molecule has 0 heterocycles. The molecular weight excluding hydrogens is 164 g/mol. The van der Waals surface area contributed by atoms with Crippen LogP contribution in [-0.2, 0) is 4.74 Å². The maximum absolute atomic E-state index is 5.95. The standard InChI is InChI=1S/C10H20N2O/c1-4-10(5-2,13-3)9(11)12-8-6-7-8/h8H,4-7H2,1-3H3,(H2,11,12). The molecule has 0 unspecified atom stereocenters. The second-order valence-electron chi connectivity index (χ2n) is 3.65. The minimum Gasteiger partial charge on any atom is -0.385 e. The lowest BCUT2D eigenvalue weighted by molar-refractivity contribution is 0.0422. The summed E-state index contributed by atoms with van der Waals surface area (Å²) in [6.45, 7) is 4.17. The minimum absolute atomic E-state index is 0.317. The van der Waals surface area contributed by atoms with Crippen molar-refractivity contribution < 1.29 is 4.74 Å². The molecule has 0 spiro atoms. The van der Waals surface area contributed by atoms with Gasteiger partial charge in [0.1, 0.15) is 11.4 Å². The Morgan fingerprint density at radius 3 is 2.31 bits per heavy atom. The third-order valence-electron chi connectivity index (χ3n) is 2.87. The fraction of sp³-hybridized carbons (Fsp3) is 0.900. The van der Waals surface area contributed by atoms with Crippen molar-refractivity contribution in [2.75, 3.05) is 7.11 Å². The highest BCUT2D eigenvalue weighted by Crippen LogP contribution is 2.27. The predicted octanol–water partition coefficient (Wildman–Crippen LogP) is 1.71. The monoisotopic (exact) mass is 184 g/mol. The molecule has 0 amide bonds. The average molecular weight is 184 g/mol. The van der Waals surface area contributed by atoms with Gasteiger partial charge in [-0.25, -0.2) is 0 Å². The molecule has 13 heavy (non-hydrogen) atoms. The van der Waals surface area contributed by atoms with Crippen LogP contribution in [-0.4, -0.2) is 24.6 Å². The second-order valence-corrected chi connectivity index (χ2v) is 3.65. The van der Waals surface area contributed by atoms with Gasteiger partial charge in [-0.1, -0.05) is 13.8 Å². The van der Waals surface area contributed by atoms with Gasteiger partial charge in [0.05, 0.1) is 6.04 Å². The Balaban J connectivity index is 2.71. The zero-order valence-electron chi connectivity index (χ0n) is 8.84. The molecule has 0 bridgehead atoms. The summed E-state index contributed by atoms with van der Waals surface area (Å²) in [5.41, 5.74) is 5.63. The summed E-state index contributed by atoms with van der Waals surface area (Å²) in [6.07, 6.45) is 4.16. The quantitative estimate of drug-likeness (QED) is 0.522. The molecule has 0 atom stereocenters. The van der Waals surface area contributed by atoms with Gasteiger partial charge in [-0.3, -0.25) is 4.99 Å². The second kappa shape index (κ2) is 4.09. The maximum atomic E-state index is 5.95. The first-order valence-electron chi connectivity index (χ1n) is 5.07. The van der Waals surface area contributed by atoms with E-state index in [-0.39, 0.29) is 5.60 Å². The Morgan fingerprint density at radius 1 is 1.46 bits per heavy atom. The zero-order valence-corrected chi connectivity index (χ0v) is 8.84. The van der Waals surface area contributed by atoms with Gasteiger partial charge in [-0.2, -0.15) is 0 Å². The topological polar surface area (TPSA) is 47.6 Å². The number of ether oxygens (including phenoxy) is 1. The molecule has 0 aromatic rings. The largest absolute Gasteiger partial charge is 0.385 e. The van der Waals surface area contributed by atoms with Gasteiger partial charge in [0.2, 0.25) is 0 Å². The molecule has 1 aliphatic rings. The molecule has 1 aliphatic carbocycles. The minimum atomic E-state index is -0.317. The third-order valence-corrected chi connectivity index (χ3v) is 2.87. The van der Waals surface area contributed by atoms with Crippen LogP contribution in [0.25, 0.3) is 0 Å². The molecule has 0 radical (unpaired) electrons. The van der Waals surface area contributed by atoms with Crippen LogP contribution in [0.2, 0.25) is 0 Å². The van der Waals surface area contributed by atoms with Gasteiger partial charge in [-0.15, -0.1) is 0 Å². The van der Waals surface area contributed by atoms with Gasteiger partial charge in [0.15, 0.2) is 0 Å². The third kappa shape index (κ3) is 2.21. The molecule has 1 fully saturated rings. The maximum Gasteiger partial charge on any atom is 0.127 e. The number of rotatable bonds is 5. The van der Waals surface area contributed by atoms with E-state index >= 15 is 0 Å². The van der Waals surface area contributed by atoms with E-state index in [9.17, 15) is 0 Å². The highest BCUT2D eigenvalue weighted by atomic mass is 16.5. The molecule has 3 nitrogen and oxygen atoms in total. The van der Waals surface area contributed by atoms with Crippen LogP contribution in [0.5, 0.6) is 0 Å². The summed E-state index contributed by atoms with van der Waals surface area (Å²) in [7, 11) is 1.71. The van der Waals surface area contributed by atoms with E-state index in [4.69, 9.17) is 10.5 Å². The number of hydrogen-bond donors (Lipinski definition) is 1. The molecule has 1 rings (SSSR count). The van der Waals surface area contributed by atoms with Crippen molar-refractivity contribution in [2.24, 2.45) is 10.7 Å². The Morgan fingerprint density at radius 2 is 2.00 bits per heavy atom. The van der Waals surface area contributed by atoms with Crippen molar-refractivity contribution in [3.8, 4) is 0 Å². The molecule has 0 aromatic carbocycles. The van der Waals surface area contributed by atoms with E-state index in [1.165, 1.54) is 12.8 Å². The fourth-order valence-corrected chi connectivity index (χ4v) is 1.52. The lowest BCUT2D eigenvalue weighted by Crippen LogP contribution is -2.45. The molecule has 2 N–H and O–H groups in total. The van der Waals surface area contributed by atoms with Gasteiger partial charge in [0, 0.05) is 7.11 Å². The van der Waals surface area contributed by atoms with Crippen molar-refractivity contribution in [3.05, 3.63) is 0 Å². The first kappa shape index (κ1) is 10.5. The molecule has 76 valence electrons. The summed E-state index contributed by atoms with van der Waals surface area (Å²) < 4.78 is 5.47. The molecule has 0 aromatic heterocycles. The number of nitrogens with zero attached hydrogens (tertiary/aromatic N) is 1. The van der Waals surface area contributed by atoms with E-state index < -0.39 is 0 Å². The van der Waals surface area contributed by atoms with Crippen molar-refractivity contribution >= 4 is 5.84 Å². The lowest BCUT2D eigenvalue weighted by atomic mass is 9.96. The molecule has 1 saturated carbocycles. The van der Waals surface area contributed by atoms with Gasteiger partial charge < -0.3 is 10.5 Å². The van der Waals surface area contributed by atoms with Crippen molar-refractivity contribution in [3.63, 3.8) is 0 Å². The van der Waals surface area contributed by atoms with Gasteiger partial charge >= 0.3 is 0 Å². The first-order chi connectivity index (χ1) is 6.18. The van der Waals surface area contributed by atoms with Crippen molar-refractivity contribution in [1.29, 1.82) is 0 Å². The van der Waals surface area contributed by atoms with Crippen molar-refractivity contribution in [2.45, 2.75) is 51.2 Å². The molecule has 0 aliphatic heterocycles. The number of hydrogen-bond acceptors (Lipinski definition) is 2. The van der Waals surface area contributed by atoms with E-state index in [0.717, 1.165) is 12.8 Å². The summed E-state index contributed by atoms with van der Waals surface area (Å²) in [5.74, 6) is 0.683. The summed E-state index contributed by atoms with van der Waals surface area (Å²) in [4.78, 5) is 4.44. The Kier molecular flexibility index (Phi) is 3.31. The number of amidine groups is 1. The van der Waals surface area contributed by atoms with E-state index in [2.05, 4.69) is 18.8 Å². The molecule has 0 saturated heterocycles. The summed E-state index contributed by atoms with van der Waals surface area (Å²) >= 11 is 0. The Labute approximate surface area is 80.4 Å². The summed E-state index contributed by atoms with van der Waals surface area (Å²) in [6, 6.07) is 0.479. The summed E-state index contributed by atoms with van der Waals surface area (Å²) in [5, 5.41) is 0. The van der Waals surface area contributed by atoms with Crippen LogP contribution in [0.15, 0.2) is 4.99 Å². The molecular formula is C10H20N2O. The van der Waals surface area contributed by atoms with Crippen molar-refractivity contribution in [1.82, 2.24) is 0 Å². The van der Waals surface area contributed by atoms with E-state index in [1.807, 2.05) is 0 Å². The Bertz CT molecular complexity index is 185.